The molecule has 3 fully saturated rings. The number of carbonyl (C=O) groups excluding carboxylic acids is 2. The van der Waals surface area contributed by atoms with E-state index < -0.39 is 11.5 Å². The van der Waals surface area contributed by atoms with E-state index in [0.717, 1.165) is 19.3 Å². The second kappa shape index (κ2) is 7.83. The third-order valence-corrected chi connectivity index (χ3v) is 5.99. The van der Waals surface area contributed by atoms with Gasteiger partial charge in [-0.25, -0.2) is 0 Å². The average Bonchev–Trinajstić information content (AvgIpc) is 2.82. The van der Waals surface area contributed by atoms with Gasteiger partial charge in [-0.15, -0.1) is 0 Å². The fourth-order valence-electron chi connectivity index (χ4n) is 4.56. The van der Waals surface area contributed by atoms with Crippen LogP contribution in [0.5, 0.6) is 0 Å². The van der Waals surface area contributed by atoms with Crippen molar-refractivity contribution in [2.24, 2.45) is 5.41 Å². The molecule has 6 nitrogen and oxygen atoms in total. The molecular weight excluding hydrogens is 306 g/mol. The molecule has 0 aromatic carbocycles. The van der Waals surface area contributed by atoms with Crippen molar-refractivity contribution < 1.29 is 14.7 Å². The summed E-state index contributed by atoms with van der Waals surface area (Å²) in [5, 5.41) is 16.5. The van der Waals surface area contributed by atoms with Crippen LogP contribution in [0.1, 0.15) is 57.8 Å². The Morgan fingerprint density at radius 3 is 2.67 bits per heavy atom. The first-order valence-corrected chi connectivity index (χ1v) is 9.58. The number of aliphatic hydroxyl groups is 1. The molecule has 0 radical (unpaired) electrons. The van der Waals surface area contributed by atoms with Gasteiger partial charge in [-0.05, 0) is 32.1 Å². The molecule has 3 N–H and O–H groups in total. The third kappa shape index (κ3) is 3.91. The standard InChI is InChI=1S/C18H31N3O3/c22-15-8-11-21(13-18(15)9-5-10-19-17(18)24)12-16(23)20-14-6-3-1-2-4-7-14/h14-15,22H,1-13H2,(H,19,24)(H,20,23)/t15-,18+/m0/s1. The van der Waals surface area contributed by atoms with Crippen LogP contribution in [0.3, 0.4) is 0 Å². The summed E-state index contributed by atoms with van der Waals surface area (Å²) in [6.45, 7) is 2.18. The molecule has 24 heavy (non-hydrogen) atoms. The number of piperidine rings is 2. The van der Waals surface area contributed by atoms with Gasteiger partial charge in [0.05, 0.1) is 18.1 Å². The minimum atomic E-state index is -0.723. The van der Waals surface area contributed by atoms with Crippen LogP contribution in [0.2, 0.25) is 0 Å². The predicted octanol–water partition coefficient (Wildman–Crippen LogP) is 0.788. The van der Waals surface area contributed by atoms with Crippen LogP contribution in [-0.4, -0.2) is 60.1 Å². The first-order chi connectivity index (χ1) is 11.6. The van der Waals surface area contributed by atoms with Crippen molar-refractivity contribution in [2.45, 2.75) is 69.9 Å². The van der Waals surface area contributed by atoms with Gasteiger partial charge in [0.15, 0.2) is 0 Å². The van der Waals surface area contributed by atoms with Gasteiger partial charge < -0.3 is 15.7 Å². The van der Waals surface area contributed by atoms with E-state index in [2.05, 4.69) is 10.6 Å². The Bertz CT molecular complexity index is 462. The number of likely N-dealkylation sites (tertiary alicyclic amines) is 1. The molecule has 1 spiro atoms. The van der Waals surface area contributed by atoms with Crippen LogP contribution < -0.4 is 10.6 Å². The molecule has 2 aliphatic heterocycles. The van der Waals surface area contributed by atoms with Gasteiger partial charge in [0.25, 0.3) is 0 Å². The predicted molar refractivity (Wildman–Crippen MR) is 91.4 cm³/mol. The minimum Gasteiger partial charge on any atom is -0.392 e. The summed E-state index contributed by atoms with van der Waals surface area (Å²) in [7, 11) is 0. The number of hydrogen-bond acceptors (Lipinski definition) is 4. The molecule has 2 atom stereocenters. The van der Waals surface area contributed by atoms with Crippen molar-refractivity contribution in [2.75, 3.05) is 26.2 Å². The van der Waals surface area contributed by atoms with Crippen molar-refractivity contribution in [1.82, 2.24) is 15.5 Å². The van der Waals surface area contributed by atoms with E-state index in [0.29, 0.717) is 45.1 Å². The molecule has 0 aromatic heterocycles. The molecule has 1 saturated carbocycles. The summed E-state index contributed by atoms with van der Waals surface area (Å²) in [4.78, 5) is 26.8. The van der Waals surface area contributed by atoms with E-state index in [1.165, 1.54) is 25.7 Å². The molecule has 2 saturated heterocycles. The van der Waals surface area contributed by atoms with Gasteiger partial charge in [-0.1, -0.05) is 25.7 Å². The number of aliphatic hydroxyl groups excluding tert-OH is 1. The number of amides is 2. The summed E-state index contributed by atoms with van der Waals surface area (Å²) >= 11 is 0. The average molecular weight is 337 g/mol. The lowest BCUT2D eigenvalue weighted by Crippen LogP contribution is -2.62. The molecular formula is C18H31N3O3. The largest absolute Gasteiger partial charge is 0.392 e. The van der Waals surface area contributed by atoms with Crippen LogP contribution in [0.25, 0.3) is 0 Å². The van der Waals surface area contributed by atoms with E-state index in [1.807, 2.05) is 4.90 Å². The first kappa shape index (κ1) is 17.7. The minimum absolute atomic E-state index is 0.0462. The SMILES string of the molecule is O=C(CN1CC[C@H](O)[C@@]2(CCCNC2=O)C1)NC1CCCCCC1. The number of nitrogens with one attached hydrogen (secondary N) is 2. The molecule has 6 heteroatoms. The van der Waals surface area contributed by atoms with Crippen molar-refractivity contribution in [3.05, 3.63) is 0 Å². The number of carbonyl (C=O) groups is 2. The highest BCUT2D eigenvalue weighted by Gasteiger charge is 2.49. The summed E-state index contributed by atoms with van der Waals surface area (Å²) in [6, 6.07) is 0.308. The van der Waals surface area contributed by atoms with Gasteiger partial charge >= 0.3 is 0 Å². The Morgan fingerprint density at radius 1 is 1.21 bits per heavy atom. The fourth-order valence-corrected chi connectivity index (χ4v) is 4.56. The van der Waals surface area contributed by atoms with E-state index in [4.69, 9.17) is 0 Å². The van der Waals surface area contributed by atoms with E-state index >= 15 is 0 Å². The first-order valence-electron chi connectivity index (χ1n) is 9.58. The summed E-state index contributed by atoms with van der Waals surface area (Å²) in [5.41, 5.74) is -0.723. The fraction of sp³-hybridized carbons (Fsp3) is 0.889. The van der Waals surface area contributed by atoms with Gasteiger partial charge in [-0.2, -0.15) is 0 Å². The smallest absolute Gasteiger partial charge is 0.234 e. The Hall–Kier alpha value is -1.14. The zero-order valence-electron chi connectivity index (χ0n) is 14.6. The van der Waals surface area contributed by atoms with Crippen LogP contribution in [0.15, 0.2) is 0 Å². The third-order valence-electron chi connectivity index (χ3n) is 5.99. The molecule has 2 heterocycles. The number of hydrogen-bond donors (Lipinski definition) is 3. The Balaban J connectivity index is 1.55. The highest BCUT2D eigenvalue weighted by Crippen LogP contribution is 2.37. The summed E-state index contributed by atoms with van der Waals surface area (Å²) in [5.74, 6) is 0.0137. The zero-order valence-corrected chi connectivity index (χ0v) is 14.6. The molecule has 0 unspecified atom stereocenters. The summed E-state index contributed by atoms with van der Waals surface area (Å²) < 4.78 is 0. The van der Waals surface area contributed by atoms with Gasteiger partial charge in [-0.3, -0.25) is 14.5 Å². The van der Waals surface area contributed by atoms with Crippen LogP contribution in [0, 0.1) is 5.41 Å². The highest BCUT2D eigenvalue weighted by molar-refractivity contribution is 5.84. The van der Waals surface area contributed by atoms with Crippen LogP contribution in [0.4, 0.5) is 0 Å². The second-order valence-electron chi connectivity index (χ2n) is 7.79. The van der Waals surface area contributed by atoms with Gasteiger partial charge in [0.2, 0.25) is 11.8 Å². The Labute approximate surface area is 144 Å². The van der Waals surface area contributed by atoms with Crippen molar-refractivity contribution in [3.63, 3.8) is 0 Å². The van der Waals surface area contributed by atoms with Crippen molar-refractivity contribution >= 4 is 11.8 Å². The summed E-state index contributed by atoms with van der Waals surface area (Å²) in [6.07, 6.45) is 8.67. The maximum atomic E-state index is 12.4. The molecule has 1 aliphatic carbocycles. The zero-order chi connectivity index (χ0) is 17.0. The van der Waals surface area contributed by atoms with Gasteiger partial charge in [0, 0.05) is 25.7 Å². The normalized spacial score (nSPS) is 33.0. The topological polar surface area (TPSA) is 81.7 Å². The molecule has 136 valence electrons. The highest BCUT2D eigenvalue weighted by atomic mass is 16.3. The monoisotopic (exact) mass is 337 g/mol. The Morgan fingerprint density at radius 2 is 1.96 bits per heavy atom. The molecule has 0 bridgehead atoms. The lowest BCUT2D eigenvalue weighted by molar-refractivity contribution is -0.150. The van der Waals surface area contributed by atoms with Crippen molar-refractivity contribution in [3.8, 4) is 0 Å². The Kier molecular flexibility index (Phi) is 5.76. The molecule has 0 aromatic rings. The molecule has 3 aliphatic rings. The van der Waals surface area contributed by atoms with Crippen LogP contribution >= 0.6 is 0 Å². The molecule has 3 rings (SSSR count). The maximum Gasteiger partial charge on any atom is 0.234 e. The van der Waals surface area contributed by atoms with E-state index in [9.17, 15) is 14.7 Å². The molecule has 2 amide bonds. The van der Waals surface area contributed by atoms with Crippen molar-refractivity contribution in [1.29, 1.82) is 0 Å². The maximum absolute atomic E-state index is 12.4. The number of nitrogens with zero attached hydrogens (tertiary/aromatic N) is 1. The van der Waals surface area contributed by atoms with E-state index in [1.54, 1.807) is 0 Å². The lowest BCUT2D eigenvalue weighted by Gasteiger charge is -2.46. The second-order valence-corrected chi connectivity index (χ2v) is 7.79. The van der Waals surface area contributed by atoms with Crippen LogP contribution in [-0.2, 0) is 9.59 Å². The lowest BCUT2D eigenvalue weighted by atomic mass is 9.71. The number of rotatable bonds is 3. The van der Waals surface area contributed by atoms with E-state index in [-0.39, 0.29) is 11.8 Å². The quantitative estimate of drug-likeness (QED) is 0.665. The van der Waals surface area contributed by atoms with Gasteiger partial charge in [0.1, 0.15) is 0 Å².